The van der Waals surface area contributed by atoms with Crippen molar-refractivity contribution in [3.05, 3.63) is 71.3 Å². The number of likely N-dealkylation sites (tertiary alicyclic amines) is 2. The maximum Gasteiger partial charge on any atom is 0.227 e. The highest BCUT2D eigenvalue weighted by atomic mass is 35.5. The highest BCUT2D eigenvalue weighted by Crippen LogP contribution is 2.43. The van der Waals surface area contributed by atoms with Crippen molar-refractivity contribution in [1.82, 2.24) is 9.80 Å². The van der Waals surface area contributed by atoms with Crippen LogP contribution >= 0.6 is 12.4 Å². The summed E-state index contributed by atoms with van der Waals surface area (Å²) in [5, 5.41) is 11.6. The fourth-order valence-corrected chi connectivity index (χ4v) is 5.84. The summed E-state index contributed by atoms with van der Waals surface area (Å²) < 4.78 is 33.5. The van der Waals surface area contributed by atoms with Crippen LogP contribution in [0.3, 0.4) is 0 Å². The van der Waals surface area contributed by atoms with Gasteiger partial charge in [-0.1, -0.05) is 50.2 Å². The molecule has 0 radical (unpaired) electrons. The highest BCUT2D eigenvalue weighted by Gasteiger charge is 2.49. The fraction of sp³-hybridized carbons (Fsp3) is 0.519. The van der Waals surface area contributed by atoms with E-state index >= 15 is 0 Å². The third-order valence-corrected chi connectivity index (χ3v) is 7.73. The number of benzene rings is 2. The topological polar surface area (TPSA) is 53.0 Å². The third kappa shape index (κ3) is 5.38. The molecule has 2 saturated heterocycles. The Morgan fingerprint density at radius 3 is 2.31 bits per heavy atom. The lowest BCUT2D eigenvalue weighted by atomic mass is 9.70. The normalized spacial score (nSPS) is 29.1. The molecule has 2 aliphatic heterocycles. The van der Waals surface area contributed by atoms with Crippen LogP contribution in [0.2, 0.25) is 0 Å². The number of methoxy groups -OCH3 is 1. The van der Waals surface area contributed by atoms with Crippen LogP contribution in [0.15, 0.2) is 48.5 Å². The molecule has 0 aliphatic carbocycles. The number of piperidine rings is 1. The van der Waals surface area contributed by atoms with Crippen LogP contribution in [0.25, 0.3) is 0 Å². The third-order valence-electron chi connectivity index (χ3n) is 7.73. The Bertz CT molecular complexity index is 997. The van der Waals surface area contributed by atoms with E-state index < -0.39 is 23.2 Å². The van der Waals surface area contributed by atoms with Crippen molar-refractivity contribution in [3.8, 4) is 0 Å². The van der Waals surface area contributed by atoms with Crippen LogP contribution in [0.1, 0.15) is 30.9 Å². The van der Waals surface area contributed by atoms with Crippen LogP contribution in [0.5, 0.6) is 0 Å². The van der Waals surface area contributed by atoms with Crippen LogP contribution < -0.4 is 0 Å². The molecule has 35 heavy (non-hydrogen) atoms. The van der Waals surface area contributed by atoms with Gasteiger partial charge in [-0.25, -0.2) is 8.78 Å². The smallest absolute Gasteiger partial charge is 0.227 e. The van der Waals surface area contributed by atoms with E-state index in [4.69, 9.17) is 4.74 Å². The molecule has 8 heteroatoms. The molecule has 0 aromatic heterocycles. The summed E-state index contributed by atoms with van der Waals surface area (Å²) in [5.74, 6) is -2.44. The van der Waals surface area contributed by atoms with Gasteiger partial charge < -0.3 is 14.7 Å². The zero-order valence-electron chi connectivity index (χ0n) is 20.5. The van der Waals surface area contributed by atoms with Crippen molar-refractivity contribution in [2.24, 2.45) is 17.8 Å². The molecule has 1 amide bonds. The molecular weight excluding hydrogens is 474 g/mol. The van der Waals surface area contributed by atoms with E-state index in [0.29, 0.717) is 44.9 Å². The maximum absolute atomic E-state index is 14.7. The number of amides is 1. The summed E-state index contributed by atoms with van der Waals surface area (Å²) in [5.41, 5.74) is 0.208. The van der Waals surface area contributed by atoms with E-state index in [1.54, 1.807) is 7.11 Å². The molecule has 2 aromatic carbocycles. The van der Waals surface area contributed by atoms with E-state index in [0.717, 1.165) is 11.6 Å². The van der Waals surface area contributed by atoms with Crippen LogP contribution in [0.4, 0.5) is 8.78 Å². The zero-order valence-corrected chi connectivity index (χ0v) is 21.3. The number of nitrogens with zero attached hydrogens (tertiary/aromatic N) is 2. The lowest BCUT2D eigenvalue weighted by Gasteiger charge is -2.48. The van der Waals surface area contributed by atoms with Crippen molar-refractivity contribution >= 4 is 18.3 Å². The predicted octanol–water partition coefficient (Wildman–Crippen LogP) is 4.05. The van der Waals surface area contributed by atoms with Crippen LogP contribution in [0, 0.1) is 29.4 Å². The summed E-state index contributed by atoms with van der Waals surface area (Å²) in [6, 6.07) is 13.2. The summed E-state index contributed by atoms with van der Waals surface area (Å²) >= 11 is 0. The zero-order chi connectivity index (χ0) is 24.5. The van der Waals surface area contributed by atoms with Gasteiger partial charge in [-0.15, -0.1) is 12.4 Å². The number of hydrogen-bond donors (Lipinski definition) is 1. The first-order valence-corrected chi connectivity index (χ1v) is 12.0. The number of carbonyl (C=O) groups excluding carboxylic acids is 1. The molecule has 2 fully saturated rings. The molecule has 1 unspecified atom stereocenters. The maximum atomic E-state index is 14.7. The molecule has 1 N–H and O–H groups in total. The van der Waals surface area contributed by atoms with Gasteiger partial charge in [0.1, 0.15) is 11.6 Å². The van der Waals surface area contributed by atoms with E-state index in [1.165, 1.54) is 12.1 Å². The molecule has 0 bridgehead atoms. The first-order valence-electron chi connectivity index (χ1n) is 12.0. The van der Waals surface area contributed by atoms with Gasteiger partial charge >= 0.3 is 0 Å². The summed E-state index contributed by atoms with van der Waals surface area (Å²) in [6.45, 7) is 6.94. The number of hydrogen-bond acceptors (Lipinski definition) is 4. The second-order valence-electron chi connectivity index (χ2n) is 9.87. The first kappa shape index (κ1) is 27.5. The quantitative estimate of drug-likeness (QED) is 0.639. The lowest BCUT2D eigenvalue weighted by molar-refractivity contribution is -0.152. The molecule has 0 saturated carbocycles. The van der Waals surface area contributed by atoms with Gasteiger partial charge in [0.15, 0.2) is 0 Å². The van der Waals surface area contributed by atoms with Crippen molar-refractivity contribution < 1.29 is 23.4 Å². The van der Waals surface area contributed by atoms with Crippen molar-refractivity contribution in [2.45, 2.75) is 25.4 Å². The minimum Gasteiger partial charge on any atom is -0.384 e. The number of carbonyl (C=O) groups is 1. The summed E-state index contributed by atoms with van der Waals surface area (Å²) in [4.78, 5) is 17.7. The Balaban J connectivity index is 0.00000342. The molecule has 2 aliphatic rings. The van der Waals surface area contributed by atoms with Gasteiger partial charge in [-0.2, -0.15) is 0 Å². The Morgan fingerprint density at radius 2 is 1.71 bits per heavy atom. The van der Waals surface area contributed by atoms with Gasteiger partial charge in [0.2, 0.25) is 5.91 Å². The average molecular weight is 509 g/mol. The number of rotatable bonds is 6. The summed E-state index contributed by atoms with van der Waals surface area (Å²) in [7, 11) is 1.63. The Hall–Kier alpha value is -2.06. The molecule has 4 rings (SSSR count). The van der Waals surface area contributed by atoms with E-state index in [1.807, 2.05) is 49.1 Å². The Labute approximate surface area is 212 Å². The molecule has 2 aromatic rings. The number of ether oxygens (including phenoxy) is 1. The monoisotopic (exact) mass is 508 g/mol. The van der Waals surface area contributed by atoms with Gasteiger partial charge in [-0.3, -0.25) is 9.69 Å². The molecule has 5 nitrogen and oxygen atoms in total. The second-order valence-corrected chi connectivity index (χ2v) is 9.87. The fourth-order valence-electron chi connectivity index (χ4n) is 5.84. The minimum atomic E-state index is -1.03. The lowest BCUT2D eigenvalue weighted by Crippen LogP contribution is -2.57. The number of aliphatic hydroxyl groups is 1. The largest absolute Gasteiger partial charge is 0.384 e. The summed E-state index contributed by atoms with van der Waals surface area (Å²) in [6.07, 6.45) is 0. The Kier molecular flexibility index (Phi) is 8.91. The van der Waals surface area contributed by atoms with E-state index in [9.17, 15) is 18.7 Å². The number of halogens is 3. The van der Waals surface area contributed by atoms with Crippen LogP contribution in [-0.4, -0.2) is 67.3 Å². The van der Waals surface area contributed by atoms with Gasteiger partial charge in [0.05, 0.1) is 18.1 Å². The standard InChI is InChI=1S/C27H34F2N2O3.ClH/c1-18-14-31(15-19(2)27(18,33)20-7-5-4-6-8-20)26(32)24-17-30(11-12-34-3)16-23(24)22-10-9-21(28)13-25(22)29;/h4-10,13,18-19,23-24,33H,11-12,14-17H2,1-3H3;1H/t18-,19+,23-,24+,27?;/m0./s1. The van der Waals surface area contributed by atoms with Gasteiger partial charge in [0, 0.05) is 63.7 Å². The molecule has 192 valence electrons. The van der Waals surface area contributed by atoms with Crippen LogP contribution in [-0.2, 0) is 15.1 Å². The molecule has 2 heterocycles. The Morgan fingerprint density at radius 1 is 1.06 bits per heavy atom. The van der Waals surface area contributed by atoms with Gasteiger partial charge in [-0.05, 0) is 17.2 Å². The van der Waals surface area contributed by atoms with Crippen molar-refractivity contribution in [3.63, 3.8) is 0 Å². The molecule has 0 spiro atoms. The first-order chi connectivity index (χ1) is 16.3. The minimum absolute atomic E-state index is 0. The van der Waals surface area contributed by atoms with E-state index in [-0.39, 0.29) is 36.1 Å². The molecule has 5 atom stereocenters. The van der Waals surface area contributed by atoms with Crippen molar-refractivity contribution in [2.75, 3.05) is 46.4 Å². The highest BCUT2D eigenvalue weighted by molar-refractivity contribution is 5.85. The van der Waals surface area contributed by atoms with Crippen molar-refractivity contribution in [1.29, 1.82) is 0 Å². The SMILES string of the molecule is COCCN1C[C@@H](C(=O)N2C[C@@H](C)C(O)(c3ccccc3)[C@@H](C)C2)[C@H](c2ccc(F)cc2F)C1.Cl. The predicted molar refractivity (Wildman–Crippen MR) is 133 cm³/mol. The van der Waals surface area contributed by atoms with E-state index in [2.05, 4.69) is 4.90 Å². The van der Waals surface area contributed by atoms with Gasteiger partial charge in [0.25, 0.3) is 0 Å². The molecular formula is C27H35ClF2N2O3. The average Bonchev–Trinajstić information content (AvgIpc) is 3.24. The second kappa shape index (κ2) is 11.3.